The van der Waals surface area contributed by atoms with Crippen LogP contribution in [0.4, 0.5) is 5.95 Å². The summed E-state index contributed by atoms with van der Waals surface area (Å²) in [5.74, 6) is 3.80. The maximum atomic E-state index is 5.40. The van der Waals surface area contributed by atoms with Crippen molar-refractivity contribution in [3.63, 3.8) is 0 Å². The van der Waals surface area contributed by atoms with Crippen LogP contribution in [0.3, 0.4) is 0 Å². The lowest BCUT2D eigenvalue weighted by atomic mass is 10.00. The highest BCUT2D eigenvalue weighted by Crippen LogP contribution is 2.35. The highest BCUT2D eigenvalue weighted by Gasteiger charge is 2.21. The minimum absolute atomic E-state index is 0.786. The molecule has 0 unspecified atom stereocenters. The summed E-state index contributed by atoms with van der Waals surface area (Å²) >= 11 is 1.98. The zero-order chi connectivity index (χ0) is 17.2. The van der Waals surface area contributed by atoms with E-state index in [-0.39, 0.29) is 0 Å². The number of nitrogens with zero attached hydrogens (tertiary/aromatic N) is 4. The molecule has 1 fully saturated rings. The fourth-order valence-corrected chi connectivity index (χ4v) is 4.03. The summed E-state index contributed by atoms with van der Waals surface area (Å²) in [5, 5.41) is 4.12. The van der Waals surface area contributed by atoms with E-state index >= 15 is 0 Å². The number of benzene rings is 1. The molecule has 1 saturated heterocycles. The van der Waals surface area contributed by atoms with Gasteiger partial charge in [-0.05, 0) is 19.4 Å². The SMILES string of the molecule is Cc1noc(C)c1-c1nc(N2CCSCC2)ncc1-c1ccccc1. The average Bonchev–Trinajstić information content (AvgIpc) is 3.01. The summed E-state index contributed by atoms with van der Waals surface area (Å²) in [5.41, 5.74) is 4.82. The van der Waals surface area contributed by atoms with Gasteiger partial charge in [-0.2, -0.15) is 11.8 Å². The number of thioether (sulfide) groups is 1. The second-order valence-electron chi connectivity index (χ2n) is 6.10. The Morgan fingerprint density at radius 3 is 2.52 bits per heavy atom. The molecule has 3 heterocycles. The van der Waals surface area contributed by atoms with E-state index in [0.717, 1.165) is 64.4 Å². The van der Waals surface area contributed by atoms with Gasteiger partial charge in [0.15, 0.2) is 0 Å². The lowest BCUT2D eigenvalue weighted by Crippen LogP contribution is -2.33. The Kier molecular flexibility index (Phi) is 4.44. The average molecular weight is 352 g/mol. The lowest BCUT2D eigenvalue weighted by molar-refractivity contribution is 0.393. The molecule has 3 aromatic rings. The van der Waals surface area contributed by atoms with Crippen LogP contribution in [0.2, 0.25) is 0 Å². The molecule has 1 aromatic carbocycles. The van der Waals surface area contributed by atoms with Gasteiger partial charge in [-0.15, -0.1) is 0 Å². The molecule has 2 aromatic heterocycles. The van der Waals surface area contributed by atoms with Crippen LogP contribution in [0.1, 0.15) is 11.5 Å². The highest BCUT2D eigenvalue weighted by atomic mass is 32.2. The van der Waals surface area contributed by atoms with Crippen molar-refractivity contribution < 1.29 is 4.52 Å². The maximum Gasteiger partial charge on any atom is 0.225 e. The normalized spacial score (nSPS) is 14.7. The van der Waals surface area contributed by atoms with Crippen molar-refractivity contribution in [2.75, 3.05) is 29.5 Å². The first-order valence-corrected chi connectivity index (χ1v) is 9.58. The largest absolute Gasteiger partial charge is 0.361 e. The number of hydrogen-bond acceptors (Lipinski definition) is 6. The Bertz CT molecular complexity index is 853. The van der Waals surface area contributed by atoms with Gasteiger partial charge in [0, 0.05) is 36.4 Å². The minimum atomic E-state index is 0.786. The van der Waals surface area contributed by atoms with Crippen LogP contribution in [0.25, 0.3) is 22.4 Å². The standard InChI is InChI=1S/C19H20N4OS/c1-13-17(14(2)24-22-13)18-16(15-6-4-3-5-7-15)12-20-19(21-18)23-8-10-25-11-9-23/h3-7,12H,8-11H2,1-2H3. The maximum absolute atomic E-state index is 5.40. The van der Waals surface area contributed by atoms with Gasteiger partial charge in [-0.3, -0.25) is 0 Å². The van der Waals surface area contributed by atoms with E-state index in [1.54, 1.807) is 0 Å². The number of aryl methyl sites for hydroxylation is 2. The molecule has 5 nitrogen and oxygen atoms in total. The molecule has 0 saturated carbocycles. The van der Waals surface area contributed by atoms with Gasteiger partial charge >= 0.3 is 0 Å². The van der Waals surface area contributed by atoms with E-state index in [1.165, 1.54) is 0 Å². The highest BCUT2D eigenvalue weighted by molar-refractivity contribution is 7.99. The summed E-state index contributed by atoms with van der Waals surface area (Å²) in [6, 6.07) is 10.2. The van der Waals surface area contributed by atoms with E-state index < -0.39 is 0 Å². The lowest BCUT2D eigenvalue weighted by Gasteiger charge is -2.27. The van der Waals surface area contributed by atoms with Crippen molar-refractivity contribution in [1.82, 2.24) is 15.1 Å². The van der Waals surface area contributed by atoms with Crippen LogP contribution in [-0.4, -0.2) is 39.7 Å². The summed E-state index contributed by atoms with van der Waals surface area (Å²) in [7, 11) is 0. The van der Waals surface area contributed by atoms with Crippen LogP contribution in [0, 0.1) is 13.8 Å². The fourth-order valence-electron chi connectivity index (χ4n) is 3.13. The zero-order valence-corrected chi connectivity index (χ0v) is 15.2. The Morgan fingerprint density at radius 2 is 1.84 bits per heavy atom. The predicted molar refractivity (Wildman–Crippen MR) is 102 cm³/mol. The van der Waals surface area contributed by atoms with Crippen LogP contribution in [-0.2, 0) is 0 Å². The van der Waals surface area contributed by atoms with Gasteiger partial charge in [0.05, 0.1) is 17.0 Å². The molecule has 0 atom stereocenters. The van der Waals surface area contributed by atoms with Gasteiger partial charge in [0.1, 0.15) is 5.76 Å². The first-order chi connectivity index (χ1) is 12.2. The molecule has 1 aliphatic rings. The molecule has 0 aliphatic carbocycles. The third-order valence-corrected chi connectivity index (χ3v) is 5.37. The van der Waals surface area contributed by atoms with Crippen LogP contribution in [0.15, 0.2) is 41.1 Å². The minimum Gasteiger partial charge on any atom is -0.361 e. The fraction of sp³-hybridized carbons (Fsp3) is 0.316. The molecule has 0 N–H and O–H groups in total. The van der Waals surface area contributed by atoms with E-state index in [4.69, 9.17) is 9.51 Å². The van der Waals surface area contributed by atoms with E-state index in [0.29, 0.717) is 0 Å². The molecule has 0 spiro atoms. The quantitative estimate of drug-likeness (QED) is 0.711. The van der Waals surface area contributed by atoms with E-state index in [9.17, 15) is 0 Å². The number of hydrogen-bond donors (Lipinski definition) is 0. The summed E-state index contributed by atoms with van der Waals surface area (Å²) in [6.45, 7) is 5.86. The smallest absolute Gasteiger partial charge is 0.225 e. The van der Waals surface area contributed by atoms with Crippen molar-refractivity contribution >= 4 is 17.7 Å². The molecule has 0 bridgehead atoms. The van der Waals surface area contributed by atoms with E-state index in [1.807, 2.05) is 50.0 Å². The van der Waals surface area contributed by atoms with Gasteiger partial charge in [0.2, 0.25) is 5.95 Å². The second kappa shape index (κ2) is 6.88. The molecule has 128 valence electrons. The summed E-state index contributed by atoms with van der Waals surface area (Å²) < 4.78 is 5.40. The van der Waals surface area contributed by atoms with Crippen molar-refractivity contribution in [3.05, 3.63) is 48.0 Å². The van der Waals surface area contributed by atoms with Gasteiger partial charge in [-0.1, -0.05) is 35.5 Å². The molecule has 6 heteroatoms. The Morgan fingerprint density at radius 1 is 1.08 bits per heavy atom. The van der Waals surface area contributed by atoms with Crippen molar-refractivity contribution in [2.24, 2.45) is 0 Å². The number of aromatic nitrogens is 3. The predicted octanol–water partition coefficient (Wildman–Crippen LogP) is 3.97. The first-order valence-electron chi connectivity index (χ1n) is 8.42. The number of anilines is 1. The molecule has 25 heavy (non-hydrogen) atoms. The Balaban J connectivity index is 1.87. The molecule has 4 rings (SSSR count). The molecule has 1 aliphatic heterocycles. The van der Waals surface area contributed by atoms with Gasteiger partial charge < -0.3 is 9.42 Å². The summed E-state index contributed by atoms with van der Waals surface area (Å²) in [6.07, 6.45) is 1.93. The molecular weight excluding hydrogens is 332 g/mol. The third kappa shape index (κ3) is 3.14. The van der Waals surface area contributed by atoms with Crippen LogP contribution >= 0.6 is 11.8 Å². The molecule has 0 radical (unpaired) electrons. The zero-order valence-electron chi connectivity index (χ0n) is 14.4. The second-order valence-corrected chi connectivity index (χ2v) is 7.32. The van der Waals surface area contributed by atoms with Crippen LogP contribution < -0.4 is 4.90 Å². The monoisotopic (exact) mass is 352 g/mol. The van der Waals surface area contributed by atoms with Crippen molar-refractivity contribution in [2.45, 2.75) is 13.8 Å². The molecule has 0 amide bonds. The molecular formula is C19H20N4OS. The van der Waals surface area contributed by atoms with Gasteiger partial charge in [0.25, 0.3) is 0 Å². The van der Waals surface area contributed by atoms with Gasteiger partial charge in [-0.25, -0.2) is 9.97 Å². The van der Waals surface area contributed by atoms with Crippen LogP contribution in [0.5, 0.6) is 0 Å². The summed E-state index contributed by atoms with van der Waals surface area (Å²) in [4.78, 5) is 11.9. The topological polar surface area (TPSA) is 55.1 Å². The Labute approximate surface area is 151 Å². The Hall–Kier alpha value is -2.34. The van der Waals surface area contributed by atoms with Crippen molar-refractivity contribution in [1.29, 1.82) is 0 Å². The third-order valence-electron chi connectivity index (χ3n) is 4.42. The number of rotatable bonds is 3. The van der Waals surface area contributed by atoms with Crippen molar-refractivity contribution in [3.8, 4) is 22.4 Å². The van der Waals surface area contributed by atoms with E-state index in [2.05, 4.69) is 27.2 Å². The first kappa shape index (κ1) is 16.1.